The number of rotatable bonds is 11. The summed E-state index contributed by atoms with van der Waals surface area (Å²) in [4.78, 5) is 17.6. The van der Waals surface area contributed by atoms with E-state index in [2.05, 4.69) is 21.2 Å². The zero-order valence-electron chi connectivity index (χ0n) is 26.8. The van der Waals surface area contributed by atoms with Crippen LogP contribution in [0.4, 0.5) is 14.9 Å². The largest absolute Gasteiger partial charge is 0.446 e. The summed E-state index contributed by atoms with van der Waals surface area (Å²) >= 11 is 0. The van der Waals surface area contributed by atoms with Crippen LogP contribution in [0.1, 0.15) is 76.2 Å². The zero-order chi connectivity index (χ0) is 31.9. The van der Waals surface area contributed by atoms with Gasteiger partial charge in [-0.2, -0.15) is 0 Å². The number of piperidine rings is 1. The van der Waals surface area contributed by atoms with Gasteiger partial charge in [0.1, 0.15) is 11.9 Å². The number of hydrogen-bond acceptors (Lipinski definition) is 7. The number of amides is 1. The molecule has 0 radical (unpaired) electrons. The number of likely N-dealkylation sites (tertiary alicyclic amines) is 2. The highest BCUT2D eigenvalue weighted by Crippen LogP contribution is 2.52. The molecule has 2 saturated heterocycles. The fourth-order valence-corrected chi connectivity index (χ4v) is 11.0. The molecule has 5 atom stereocenters. The first-order chi connectivity index (χ1) is 22.2. The van der Waals surface area contributed by atoms with E-state index < -0.39 is 15.9 Å². The molecule has 7 rings (SSSR count). The van der Waals surface area contributed by atoms with Gasteiger partial charge in [0.15, 0.2) is 9.84 Å². The molecule has 0 spiro atoms. The number of nitrogens with one attached hydrogen (secondary N) is 1. The van der Waals surface area contributed by atoms with Gasteiger partial charge in [0, 0.05) is 35.6 Å². The summed E-state index contributed by atoms with van der Waals surface area (Å²) in [6.45, 7) is 4.97. The maximum atomic E-state index is 14.9. The highest BCUT2D eigenvalue weighted by Gasteiger charge is 2.54. The Bertz CT molecular complexity index is 1490. The van der Waals surface area contributed by atoms with Gasteiger partial charge in [-0.05, 0) is 145 Å². The van der Waals surface area contributed by atoms with Crippen LogP contribution in [0.15, 0.2) is 53.4 Å². The van der Waals surface area contributed by atoms with Crippen LogP contribution in [-0.4, -0.2) is 80.5 Å². The molecule has 0 aromatic heterocycles. The predicted octanol–water partition coefficient (Wildman–Crippen LogP) is 5.71. The Labute approximate surface area is 273 Å². The van der Waals surface area contributed by atoms with E-state index in [1.807, 2.05) is 18.2 Å². The third-order valence-corrected chi connectivity index (χ3v) is 14.2. The van der Waals surface area contributed by atoms with Crippen LogP contribution in [-0.2, 0) is 20.0 Å². The van der Waals surface area contributed by atoms with Crippen LogP contribution in [0.2, 0.25) is 0 Å². The van der Waals surface area contributed by atoms with Gasteiger partial charge in [0.2, 0.25) is 0 Å². The molecule has 5 aliphatic rings. The highest BCUT2D eigenvalue weighted by atomic mass is 32.2. The van der Waals surface area contributed by atoms with Gasteiger partial charge in [0.25, 0.3) is 0 Å². The second kappa shape index (κ2) is 13.1. The van der Waals surface area contributed by atoms with E-state index >= 15 is 0 Å². The van der Waals surface area contributed by atoms with E-state index in [4.69, 9.17) is 10.5 Å². The summed E-state index contributed by atoms with van der Waals surface area (Å²) in [6.07, 6.45) is 9.84. The molecule has 2 aromatic rings. The molecule has 46 heavy (non-hydrogen) atoms. The number of benzene rings is 2. The number of primary amides is 1. The first-order valence-electron chi connectivity index (χ1n) is 17.5. The molecule has 250 valence electrons. The molecule has 2 unspecified atom stereocenters. The van der Waals surface area contributed by atoms with Crippen LogP contribution < -0.4 is 11.1 Å². The summed E-state index contributed by atoms with van der Waals surface area (Å²) in [5.41, 5.74) is 7.29. The van der Waals surface area contributed by atoms with E-state index in [1.54, 1.807) is 18.2 Å². The van der Waals surface area contributed by atoms with Gasteiger partial charge in [0.05, 0.1) is 10.1 Å². The number of carbonyl (C=O) groups excluding carboxylic acids is 1. The van der Waals surface area contributed by atoms with Gasteiger partial charge in [-0.1, -0.05) is 12.1 Å². The quantitative estimate of drug-likeness (QED) is 0.320. The molecule has 8 nitrogen and oxygen atoms in total. The second-order valence-corrected chi connectivity index (χ2v) is 16.8. The Morgan fingerprint density at radius 2 is 1.70 bits per heavy atom. The summed E-state index contributed by atoms with van der Waals surface area (Å²) < 4.78 is 45.8. The van der Waals surface area contributed by atoms with Gasteiger partial charge >= 0.3 is 6.09 Å². The zero-order valence-corrected chi connectivity index (χ0v) is 27.6. The van der Waals surface area contributed by atoms with Gasteiger partial charge in [-0.15, -0.1) is 0 Å². The smallest absolute Gasteiger partial charge is 0.404 e. The number of anilines is 1. The van der Waals surface area contributed by atoms with Gasteiger partial charge < -0.3 is 25.6 Å². The lowest BCUT2D eigenvalue weighted by atomic mass is 9.58. The number of sulfone groups is 1. The Morgan fingerprint density at radius 1 is 0.935 bits per heavy atom. The van der Waals surface area contributed by atoms with Crippen LogP contribution in [0.25, 0.3) is 0 Å². The topological polar surface area (TPSA) is 105 Å². The lowest BCUT2D eigenvalue weighted by Gasteiger charge is -2.53. The molecular weight excluding hydrogens is 603 g/mol. The van der Waals surface area contributed by atoms with Crippen molar-refractivity contribution in [1.82, 2.24) is 9.80 Å². The molecule has 1 amide bonds. The Hall–Kier alpha value is -2.69. The average Bonchev–Trinajstić information content (AvgIpc) is 3.64. The minimum atomic E-state index is -3.17. The van der Waals surface area contributed by atoms with E-state index in [-0.39, 0.29) is 28.5 Å². The number of hydrogen-bond donors (Lipinski definition) is 2. The number of ether oxygens (including phenoxy) is 1. The number of halogens is 1. The molecule has 3 aliphatic carbocycles. The van der Waals surface area contributed by atoms with Crippen LogP contribution in [0.3, 0.4) is 0 Å². The predicted molar refractivity (Wildman–Crippen MR) is 177 cm³/mol. The van der Waals surface area contributed by atoms with Gasteiger partial charge in [-0.25, -0.2) is 17.6 Å². The summed E-state index contributed by atoms with van der Waals surface area (Å²) in [6, 6.07) is 15.4. The molecule has 2 aliphatic heterocycles. The van der Waals surface area contributed by atoms with Crippen LogP contribution in [0, 0.1) is 17.7 Å². The number of nitrogens with zero attached hydrogens (tertiary/aromatic N) is 2. The molecular formula is C36H49FN4O4S. The van der Waals surface area contributed by atoms with E-state index in [9.17, 15) is 17.6 Å². The normalized spacial score (nSPS) is 29.2. The molecule has 0 bridgehead atoms. The average molecular weight is 653 g/mol. The molecule has 3 N–H and O–H groups in total. The number of carbonyl (C=O) groups is 1. The fraction of sp³-hybridized carbons (Fsp3) is 0.639. The molecule has 2 aromatic carbocycles. The Balaban J connectivity index is 1.04. The van der Waals surface area contributed by atoms with Crippen molar-refractivity contribution < 1.29 is 22.3 Å². The summed E-state index contributed by atoms with van der Waals surface area (Å²) in [5, 5.41) is 3.48. The van der Waals surface area contributed by atoms with E-state index in [0.717, 1.165) is 108 Å². The van der Waals surface area contributed by atoms with Crippen LogP contribution in [0.5, 0.6) is 0 Å². The maximum Gasteiger partial charge on any atom is 0.404 e. The SMILES string of the molecule is NC(=O)O[C@H]1CCC[C@@H]1C(CN1CCC1)(c1cccc(F)c1)C1CCN(C2CC[C@H](Nc3ccc(S(=O)(=O)C4CC4)cc3)C2)CC1. The Morgan fingerprint density at radius 3 is 2.35 bits per heavy atom. The standard InChI is InChI=1S/C36H49FN4O4S/c37-27-5-1-4-26(22-27)36(24-40-18-3-19-40,33-6-2-7-34(33)45-35(38)42)25-16-20-41(21-17-25)30-11-8-29(23-30)39-28-9-12-31(13-10-28)46(43,44)32-14-15-32/h1,4-5,9-10,12-13,22,25,29-30,32-34,39H,2-3,6-8,11,14-21,23-24H2,(H2,38,42)/t29-,30?,33-,34-,36?/m0/s1. The third-order valence-electron chi connectivity index (χ3n) is 11.9. The monoisotopic (exact) mass is 652 g/mol. The summed E-state index contributed by atoms with van der Waals surface area (Å²) in [7, 11) is -3.17. The van der Waals surface area contributed by atoms with Crippen molar-refractivity contribution in [3.8, 4) is 0 Å². The third kappa shape index (κ3) is 6.41. The molecule has 3 saturated carbocycles. The van der Waals surface area contributed by atoms with Crippen molar-refractivity contribution in [2.75, 3.05) is 38.0 Å². The molecule has 5 fully saturated rings. The highest BCUT2D eigenvalue weighted by molar-refractivity contribution is 7.92. The lowest BCUT2D eigenvalue weighted by molar-refractivity contribution is -0.0167. The van der Waals surface area contributed by atoms with Crippen LogP contribution >= 0.6 is 0 Å². The van der Waals surface area contributed by atoms with Crippen molar-refractivity contribution in [2.24, 2.45) is 17.6 Å². The van der Waals surface area contributed by atoms with Crippen molar-refractivity contribution in [1.29, 1.82) is 0 Å². The first kappa shape index (κ1) is 31.9. The maximum absolute atomic E-state index is 14.9. The summed E-state index contributed by atoms with van der Waals surface area (Å²) in [5.74, 6) is 0.232. The van der Waals surface area contributed by atoms with Crippen molar-refractivity contribution in [2.45, 2.75) is 104 Å². The van der Waals surface area contributed by atoms with Gasteiger partial charge in [-0.3, -0.25) is 0 Å². The number of nitrogens with two attached hydrogens (primary N) is 1. The van der Waals surface area contributed by atoms with Crippen molar-refractivity contribution in [3.63, 3.8) is 0 Å². The minimum absolute atomic E-state index is 0.102. The minimum Gasteiger partial charge on any atom is -0.446 e. The lowest BCUT2D eigenvalue weighted by Crippen LogP contribution is -2.58. The second-order valence-electron chi connectivity index (χ2n) is 14.6. The first-order valence-corrected chi connectivity index (χ1v) is 19.1. The Kier molecular flexibility index (Phi) is 9.06. The van der Waals surface area contributed by atoms with E-state index in [0.29, 0.717) is 22.9 Å². The molecule has 2 heterocycles. The van der Waals surface area contributed by atoms with Crippen molar-refractivity contribution >= 4 is 21.6 Å². The molecule has 10 heteroatoms. The van der Waals surface area contributed by atoms with Crippen molar-refractivity contribution in [3.05, 3.63) is 59.9 Å². The fourth-order valence-electron chi connectivity index (χ4n) is 9.33. The van der Waals surface area contributed by atoms with E-state index in [1.165, 1.54) is 12.5 Å².